The third kappa shape index (κ3) is 2.72. The number of pyridine rings is 2. The van der Waals surface area contributed by atoms with Crippen LogP contribution in [0, 0.1) is 10.1 Å². The Morgan fingerprint density at radius 3 is 2.28 bits per heavy atom. The minimum Gasteiger partial charge on any atom is -0.258 e. The van der Waals surface area contributed by atoms with Gasteiger partial charge in [-0.15, -0.1) is 0 Å². The summed E-state index contributed by atoms with van der Waals surface area (Å²) in [4.78, 5) is 19.7. The van der Waals surface area contributed by atoms with Crippen LogP contribution >= 0.6 is 0 Å². The number of hydrogen-bond donors (Lipinski definition) is 0. The van der Waals surface area contributed by atoms with Gasteiger partial charge in [0.15, 0.2) is 0 Å². The lowest BCUT2D eigenvalue weighted by Gasteiger charge is -2.12. The van der Waals surface area contributed by atoms with Gasteiger partial charge in [-0.3, -0.25) is 20.1 Å². The van der Waals surface area contributed by atoms with Crippen molar-refractivity contribution in [2.24, 2.45) is 0 Å². The van der Waals surface area contributed by atoms with Gasteiger partial charge < -0.3 is 0 Å². The Morgan fingerprint density at radius 1 is 0.800 bits per heavy atom. The van der Waals surface area contributed by atoms with Gasteiger partial charge in [0.05, 0.1) is 16.1 Å². The molecule has 0 fully saturated rings. The Hall–Kier alpha value is -3.60. The average molecular weight is 327 g/mol. The maximum atomic E-state index is 10.9. The Kier molecular flexibility index (Phi) is 3.67. The number of aromatic nitrogens is 2. The summed E-state index contributed by atoms with van der Waals surface area (Å²) in [5.74, 6) is 0. The fraction of sp³-hybridized carbons (Fsp3) is 0. The van der Waals surface area contributed by atoms with Crippen LogP contribution in [0.25, 0.3) is 33.3 Å². The van der Waals surface area contributed by atoms with E-state index in [1.807, 2.05) is 42.5 Å². The van der Waals surface area contributed by atoms with Crippen LogP contribution < -0.4 is 0 Å². The number of nitrogens with zero attached hydrogens (tertiary/aromatic N) is 3. The number of nitro groups is 1. The molecule has 0 amide bonds. The summed E-state index contributed by atoms with van der Waals surface area (Å²) in [5, 5.41) is 11.9. The largest absolute Gasteiger partial charge is 0.269 e. The van der Waals surface area contributed by atoms with E-state index in [0.29, 0.717) is 0 Å². The van der Waals surface area contributed by atoms with Crippen molar-refractivity contribution in [1.29, 1.82) is 0 Å². The predicted octanol–water partition coefficient (Wildman–Crippen LogP) is 4.87. The van der Waals surface area contributed by atoms with E-state index in [0.717, 1.165) is 33.3 Å². The number of nitro benzene ring substituents is 1. The lowest BCUT2D eigenvalue weighted by atomic mass is 9.97. The summed E-state index contributed by atoms with van der Waals surface area (Å²) in [6.45, 7) is 0. The predicted molar refractivity (Wildman–Crippen MR) is 97.1 cm³/mol. The van der Waals surface area contributed by atoms with Gasteiger partial charge in [-0.25, -0.2) is 0 Å². The summed E-state index contributed by atoms with van der Waals surface area (Å²) in [5.41, 5.74) is 4.39. The molecular formula is C20H13N3O2. The molecule has 0 radical (unpaired) electrons. The molecule has 0 saturated heterocycles. The van der Waals surface area contributed by atoms with Crippen LogP contribution in [0.15, 0.2) is 79.1 Å². The van der Waals surface area contributed by atoms with Crippen molar-refractivity contribution in [3.63, 3.8) is 0 Å². The van der Waals surface area contributed by atoms with Gasteiger partial charge >= 0.3 is 0 Å². The van der Waals surface area contributed by atoms with Crippen LogP contribution in [0.4, 0.5) is 5.69 Å². The molecule has 0 bridgehead atoms. The second-order valence-corrected chi connectivity index (χ2v) is 5.59. The van der Waals surface area contributed by atoms with Crippen molar-refractivity contribution >= 4 is 16.6 Å². The second-order valence-electron chi connectivity index (χ2n) is 5.59. The van der Waals surface area contributed by atoms with E-state index in [-0.39, 0.29) is 5.69 Å². The number of non-ortho nitro benzene ring substituents is 1. The second kappa shape index (κ2) is 6.13. The lowest BCUT2D eigenvalue weighted by molar-refractivity contribution is -0.384. The monoisotopic (exact) mass is 327 g/mol. The molecule has 0 N–H and O–H groups in total. The molecule has 5 nitrogen and oxygen atoms in total. The third-order valence-electron chi connectivity index (χ3n) is 4.06. The van der Waals surface area contributed by atoms with Gasteiger partial charge in [0.2, 0.25) is 0 Å². The van der Waals surface area contributed by atoms with E-state index in [4.69, 9.17) is 0 Å². The van der Waals surface area contributed by atoms with Gasteiger partial charge in [0.25, 0.3) is 5.69 Å². The topological polar surface area (TPSA) is 68.9 Å². The van der Waals surface area contributed by atoms with Crippen LogP contribution in [0.3, 0.4) is 0 Å². The Labute approximate surface area is 143 Å². The van der Waals surface area contributed by atoms with E-state index in [1.165, 1.54) is 12.1 Å². The van der Waals surface area contributed by atoms with Crippen molar-refractivity contribution < 1.29 is 4.92 Å². The van der Waals surface area contributed by atoms with E-state index in [2.05, 4.69) is 9.97 Å². The molecular weight excluding hydrogens is 314 g/mol. The summed E-state index contributed by atoms with van der Waals surface area (Å²) in [6, 6.07) is 20.2. The summed E-state index contributed by atoms with van der Waals surface area (Å²) >= 11 is 0. The van der Waals surface area contributed by atoms with Crippen LogP contribution in [0.5, 0.6) is 0 Å². The molecule has 5 heteroatoms. The zero-order chi connectivity index (χ0) is 17.2. The Morgan fingerprint density at radius 2 is 1.56 bits per heavy atom. The first kappa shape index (κ1) is 15.0. The van der Waals surface area contributed by atoms with Crippen molar-refractivity contribution in [3.8, 4) is 22.4 Å². The molecule has 120 valence electrons. The smallest absolute Gasteiger partial charge is 0.258 e. The zero-order valence-corrected chi connectivity index (χ0v) is 13.2. The molecule has 25 heavy (non-hydrogen) atoms. The van der Waals surface area contributed by atoms with Crippen LogP contribution in [0.1, 0.15) is 0 Å². The number of rotatable bonds is 3. The SMILES string of the molecule is O=[N+]([O-])c1ccc(-c2c(-c3ccccc3)ncc3cccnc23)cc1. The summed E-state index contributed by atoms with van der Waals surface area (Å²) in [7, 11) is 0. The lowest BCUT2D eigenvalue weighted by Crippen LogP contribution is -1.94. The Bertz CT molecular complexity index is 1060. The molecule has 0 unspecified atom stereocenters. The van der Waals surface area contributed by atoms with Crippen LogP contribution in [-0.4, -0.2) is 14.9 Å². The molecule has 0 atom stereocenters. The van der Waals surface area contributed by atoms with Crippen LogP contribution in [-0.2, 0) is 0 Å². The molecule has 4 aromatic rings. The third-order valence-corrected chi connectivity index (χ3v) is 4.06. The minimum atomic E-state index is -0.401. The fourth-order valence-corrected chi connectivity index (χ4v) is 2.88. The maximum Gasteiger partial charge on any atom is 0.269 e. The molecule has 2 aromatic heterocycles. The first-order valence-electron chi connectivity index (χ1n) is 7.78. The van der Waals surface area contributed by atoms with Crippen molar-refractivity contribution in [1.82, 2.24) is 9.97 Å². The molecule has 4 rings (SSSR count). The molecule has 2 aromatic carbocycles. The van der Waals surface area contributed by atoms with E-state index in [9.17, 15) is 10.1 Å². The van der Waals surface area contributed by atoms with Crippen molar-refractivity contribution in [2.75, 3.05) is 0 Å². The summed E-state index contributed by atoms with van der Waals surface area (Å²) in [6.07, 6.45) is 3.55. The molecule has 0 aliphatic rings. The number of benzene rings is 2. The minimum absolute atomic E-state index is 0.0613. The number of hydrogen-bond acceptors (Lipinski definition) is 4. The van der Waals surface area contributed by atoms with Crippen molar-refractivity contribution in [3.05, 3.63) is 89.2 Å². The van der Waals surface area contributed by atoms with E-state index < -0.39 is 4.92 Å². The number of fused-ring (bicyclic) bond motifs is 1. The van der Waals surface area contributed by atoms with Gasteiger partial charge in [-0.1, -0.05) is 30.3 Å². The molecule has 0 saturated carbocycles. The van der Waals surface area contributed by atoms with Crippen LogP contribution in [0.2, 0.25) is 0 Å². The van der Waals surface area contributed by atoms with Gasteiger partial charge in [-0.05, 0) is 29.8 Å². The normalized spacial score (nSPS) is 10.7. The quantitative estimate of drug-likeness (QED) is 0.397. The maximum absolute atomic E-state index is 10.9. The zero-order valence-electron chi connectivity index (χ0n) is 13.2. The van der Waals surface area contributed by atoms with Crippen molar-refractivity contribution in [2.45, 2.75) is 0 Å². The highest BCUT2D eigenvalue weighted by molar-refractivity contribution is 5.99. The van der Waals surface area contributed by atoms with Gasteiger partial charge in [-0.2, -0.15) is 0 Å². The average Bonchev–Trinajstić information content (AvgIpc) is 2.68. The van der Waals surface area contributed by atoms with Gasteiger partial charge in [0, 0.05) is 41.0 Å². The van der Waals surface area contributed by atoms with E-state index >= 15 is 0 Å². The Balaban J connectivity index is 2.01. The molecule has 0 aliphatic carbocycles. The highest BCUT2D eigenvalue weighted by Gasteiger charge is 2.15. The molecule has 2 heterocycles. The van der Waals surface area contributed by atoms with Gasteiger partial charge in [0.1, 0.15) is 0 Å². The molecule has 0 aliphatic heterocycles. The highest BCUT2D eigenvalue weighted by Crippen LogP contribution is 2.35. The van der Waals surface area contributed by atoms with E-state index in [1.54, 1.807) is 24.5 Å². The first-order chi connectivity index (χ1) is 12.2. The fourth-order valence-electron chi connectivity index (χ4n) is 2.88. The first-order valence-corrected chi connectivity index (χ1v) is 7.78. The highest BCUT2D eigenvalue weighted by atomic mass is 16.6. The summed E-state index contributed by atoms with van der Waals surface area (Å²) < 4.78 is 0. The molecule has 0 spiro atoms. The standard InChI is InChI=1S/C20H13N3O2/c24-23(25)17-10-8-14(9-11-17)18-19(15-5-2-1-3-6-15)22-13-16-7-4-12-21-20(16)18/h1-13H.